The van der Waals surface area contributed by atoms with Crippen molar-refractivity contribution in [1.82, 2.24) is 9.47 Å². The fourth-order valence-corrected chi connectivity index (χ4v) is 2.95. The zero-order valence-corrected chi connectivity index (χ0v) is 12.5. The van der Waals surface area contributed by atoms with Gasteiger partial charge in [0.15, 0.2) is 0 Å². The second-order valence-electron chi connectivity index (χ2n) is 4.82. The Labute approximate surface area is 127 Å². The smallest absolute Gasteiger partial charge is 0.271 e. The van der Waals surface area contributed by atoms with Crippen LogP contribution in [0.15, 0.2) is 58.7 Å². The van der Waals surface area contributed by atoms with E-state index in [9.17, 15) is 4.79 Å². The maximum Gasteiger partial charge on any atom is 0.271 e. The summed E-state index contributed by atoms with van der Waals surface area (Å²) in [5.74, 6) is 0.793. The van der Waals surface area contributed by atoms with E-state index in [0.717, 1.165) is 10.6 Å². The van der Waals surface area contributed by atoms with Crippen LogP contribution in [0.3, 0.4) is 0 Å². The van der Waals surface area contributed by atoms with E-state index in [1.54, 1.807) is 22.5 Å². The van der Waals surface area contributed by atoms with Gasteiger partial charge in [0.05, 0.1) is 19.4 Å². The molecule has 0 N–H and O–H groups in total. The maximum absolute atomic E-state index is 12.7. The van der Waals surface area contributed by atoms with Gasteiger partial charge in [0, 0.05) is 18.1 Å². The Hall–Kier alpha value is -2.27. The minimum Gasteiger partial charge on any atom is -0.467 e. The van der Waals surface area contributed by atoms with Crippen molar-refractivity contribution in [2.75, 3.05) is 0 Å². The van der Waals surface area contributed by atoms with E-state index in [-0.39, 0.29) is 5.91 Å². The van der Waals surface area contributed by atoms with Gasteiger partial charge in [-0.05, 0) is 35.7 Å². The fourth-order valence-electron chi connectivity index (χ4n) is 2.23. The normalized spacial score (nSPS) is 10.7. The number of hydrogen-bond donors (Lipinski definition) is 0. The average Bonchev–Trinajstić information content (AvgIpc) is 3.19. The van der Waals surface area contributed by atoms with Crippen LogP contribution in [0, 0.1) is 0 Å². The van der Waals surface area contributed by atoms with Crippen LogP contribution in [0.2, 0.25) is 0 Å². The molecule has 0 aliphatic rings. The summed E-state index contributed by atoms with van der Waals surface area (Å²) in [6.07, 6.45) is 3.51. The van der Waals surface area contributed by atoms with E-state index in [2.05, 4.69) is 0 Å². The molecule has 21 heavy (non-hydrogen) atoms. The number of nitrogens with zero attached hydrogens (tertiary/aromatic N) is 2. The summed E-state index contributed by atoms with van der Waals surface area (Å²) in [5.41, 5.74) is 0.679. The van der Waals surface area contributed by atoms with Gasteiger partial charge in [0.2, 0.25) is 0 Å². The Morgan fingerprint density at radius 1 is 1.24 bits per heavy atom. The molecule has 1 amide bonds. The van der Waals surface area contributed by atoms with E-state index in [4.69, 9.17) is 4.42 Å². The number of furan rings is 1. The van der Waals surface area contributed by atoms with Crippen LogP contribution in [0.25, 0.3) is 0 Å². The number of carbonyl (C=O) groups excluding carboxylic acids is 1. The Morgan fingerprint density at radius 2 is 2.14 bits per heavy atom. The first-order valence-corrected chi connectivity index (χ1v) is 7.57. The molecule has 0 aliphatic heterocycles. The second kappa shape index (κ2) is 6.01. The molecular weight excluding hydrogens is 284 g/mol. The van der Waals surface area contributed by atoms with Gasteiger partial charge in [-0.2, -0.15) is 0 Å². The fraction of sp³-hybridized carbons (Fsp3) is 0.188. The predicted octanol–water partition coefficient (Wildman–Crippen LogP) is 3.52. The van der Waals surface area contributed by atoms with Crippen LogP contribution in [0.5, 0.6) is 0 Å². The zero-order chi connectivity index (χ0) is 14.7. The molecule has 3 aromatic heterocycles. The molecule has 0 fully saturated rings. The van der Waals surface area contributed by atoms with E-state index in [1.807, 2.05) is 59.6 Å². The van der Waals surface area contributed by atoms with Crippen molar-refractivity contribution in [3.05, 3.63) is 70.6 Å². The molecule has 0 spiro atoms. The molecule has 3 heterocycles. The van der Waals surface area contributed by atoms with Crippen molar-refractivity contribution in [2.24, 2.45) is 7.05 Å². The molecule has 5 heteroatoms. The largest absolute Gasteiger partial charge is 0.467 e. The molecule has 0 saturated carbocycles. The summed E-state index contributed by atoms with van der Waals surface area (Å²) in [5, 5.41) is 2.02. The molecule has 4 nitrogen and oxygen atoms in total. The SMILES string of the molecule is Cn1cccc1C(=O)N(Cc1ccco1)Cc1cccs1. The standard InChI is InChI=1S/C16H16N2O2S/c1-17-8-2-7-15(17)16(19)18(11-13-5-3-9-20-13)12-14-6-4-10-21-14/h2-10H,11-12H2,1H3. The Kier molecular flexibility index (Phi) is 3.92. The van der Waals surface area contributed by atoms with E-state index < -0.39 is 0 Å². The molecule has 0 aliphatic carbocycles. The molecule has 3 aromatic rings. The van der Waals surface area contributed by atoms with Crippen LogP contribution < -0.4 is 0 Å². The first-order valence-electron chi connectivity index (χ1n) is 6.69. The molecule has 0 aromatic carbocycles. The number of aromatic nitrogens is 1. The van der Waals surface area contributed by atoms with Crippen LogP contribution >= 0.6 is 11.3 Å². The molecule has 3 rings (SSSR count). The Balaban J connectivity index is 1.84. The molecule has 0 saturated heterocycles. The van der Waals surface area contributed by atoms with Gasteiger partial charge in [-0.1, -0.05) is 6.07 Å². The lowest BCUT2D eigenvalue weighted by Gasteiger charge is -2.21. The van der Waals surface area contributed by atoms with Gasteiger partial charge in [-0.25, -0.2) is 0 Å². The number of thiophene rings is 1. The van der Waals surface area contributed by atoms with E-state index in [0.29, 0.717) is 18.8 Å². The van der Waals surface area contributed by atoms with Crippen molar-refractivity contribution in [1.29, 1.82) is 0 Å². The van der Waals surface area contributed by atoms with Gasteiger partial charge in [0.25, 0.3) is 5.91 Å². The third-order valence-corrected chi connectivity index (χ3v) is 4.16. The second-order valence-corrected chi connectivity index (χ2v) is 5.86. The van der Waals surface area contributed by atoms with Crippen molar-refractivity contribution in [3.63, 3.8) is 0 Å². The molecule has 0 radical (unpaired) electrons. The number of hydrogen-bond acceptors (Lipinski definition) is 3. The highest BCUT2D eigenvalue weighted by Gasteiger charge is 2.20. The van der Waals surface area contributed by atoms with Gasteiger partial charge < -0.3 is 13.9 Å². The quantitative estimate of drug-likeness (QED) is 0.723. The highest BCUT2D eigenvalue weighted by molar-refractivity contribution is 7.09. The molecular formula is C16H16N2O2S. The summed E-state index contributed by atoms with van der Waals surface area (Å²) in [7, 11) is 1.88. The summed E-state index contributed by atoms with van der Waals surface area (Å²) >= 11 is 1.65. The Morgan fingerprint density at radius 3 is 2.76 bits per heavy atom. The summed E-state index contributed by atoms with van der Waals surface area (Å²) < 4.78 is 7.22. The van der Waals surface area contributed by atoms with Crippen LogP contribution in [0.4, 0.5) is 0 Å². The topological polar surface area (TPSA) is 38.4 Å². The predicted molar refractivity (Wildman–Crippen MR) is 82.0 cm³/mol. The highest BCUT2D eigenvalue weighted by atomic mass is 32.1. The summed E-state index contributed by atoms with van der Waals surface area (Å²) in [6, 6.07) is 11.5. The van der Waals surface area contributed by atoms with Gasteiger partial charge in [0.1, 0.15) is 11.5 Å². The van der Waals surface area contributed by atoms with Crippen LogP contribution in [-0.2, 0) is 20.1 Å². The third-order valence-electron chi connectivity index (χ3n) is 3.30. The maximum atomic E-state index is 12.7. The van der Waals surface area contributed by atoms with Crippen molar-refractivity contribution in [3.8, 4) is 0 Å². The van der Waals surface area contributed by atoms with Crippen LogP contribution in [0.1, 0.15) is 21.1 Å². The molecule has 0 atom stereocenters. The van der Waals surface area contributed by atoms with Crippen molar-refractivity contribution < 1.29 is 9.21 Å². The molecule has 108 valence electrons. The summed E-state index contributed by atoms with van der Waals surface area (Å²) in [4.78, 5) is 15.7. The molecule has 0 bridgehead atoms. The van der Waals surface area contributed by atoms with Crippen LogP contribution in [-0.4, -0.2) is 15.4 Å². The minimum atomic E-state index is 0.00676. The first kappa shape index (κ1) is 13.7. The van der Waals surface area contributed by atoms with Gasteiger partial charge >= 0.3 is 0 Å². The monoisotopic (exact) mass is 300 g/mol. The average molecular weight is 300 g/mol. The lowest BCUT2D eigenvalue weighted by Crippen LogP contribution is -2.31. The van der Waals surface area contributed by atoms with Crippen molar-refractivity contribution >= 4 is 17.2 Å². The van der Waals surface area contributed by atoms with E-state index in [1.165, 1.54) is 0 Å². The number of carbonyl (C=O) groups is 1. The van der Waals surface area contributed by atoms with E-state index >= 15 is 0 Å². The zero-order valence-electron chi connectivity index (χ0n) is 11.7. The van der Waals surface area contributed by atoms with Gasteiger partial charge in [-0.3, -0.25) is 4.79 Å². The van der Waals surface area contributed by atoms with Gasteiger partial charge in [-0.15, -0.1) is 11.3 Å². The number of aryl methyl sites for hydroxylation is 1. The lowest BCUT2D eigenvalue weighted by molar-refractivity contribution is 0.0710. The van der Waals surface area contributed by atoms with Crippen molar-refractivity contribution in [2.45, 2.75) is 13.1 Å². The first-order chi connectivity index (χ1) is 10.2. The number of amides is 1. The number of rotatable bonds is 5. The molecule has 0 unspecified atom stereocenters. The third kappa shape index (κ3) is 3.08. The minimum absolute atomic E-state index is 0.00676. The Bertz CT molecular complexity index is 662. The lowest BCUT2D eigenvalue weighted by atomic mass is 10.3. The summed E-state index contributed by atoms with van der Waals surface area (Å²) in [6.45, 7) is 1.05. The highest BCUT2D eigenvalue weighted by Crippen LogP contribution is 2.17.